The number of carbonyl (C=O) groups excluding carboxylic acids is 1. The third kappa shape index (κ3) is 3.93. The molecule has 1 aliphatic carbocycles. The Morgan fingerprint density at radius 2 is 2.00 bits per heavy atom. The first kappa shape index (κ1) is 15.7. The van der Waals surface area contributed by atoms with Gasteiger partial charge in [-0.15, -0.1) is 0 Å². The quantitative estimate of drug-likeness (QED) is 0.855. The van der Waals surface area contributed by atoms with E-state index < -0.39 is 0 Å². The normalized spacial score (nSPS) is 16.2. The Morgan fingerprint density at radius 1 is 1.33 bits per heavy atom. The average Bonchev–Trinajstić information content (AvgIpc) is 2.48. The van der Waals surface area contributed by atoms with E-state index in [4.69, 9.17) is 0 Å². The van der Waals surface area contributed by atoms with E-state index in [-0.39, 0.29) is 11.5 Å². The molecule has 0 aromatic carbocycles. The van der Waals surface area contributed by atoms with Crippen molar-refractivity contribution in [3.63, 3.8) is 0 Å². The molecule has 2 rings (SSSR count). The van der Waals surface area contributed by atoms with Gasteiger partial charge in [-0.25, -0.2) is 4.68 Å². The van der Waals surface area contributed by atoms with Crippen molar-refractivity contribution in [1.82, 2.24) is 14.7 Å². The van der Waals surface area contributed by atoms with Crippen LogP contribution in [0.5, 0.6) is 0 Å². The number of nitrogens with zero attached hydrogens (tertiary/aromatic N) is 3. The second-order valence-corrected chi connectivity index (χ2v) is 6.34. The number of amides is 1. The molecule has 5 heteroatoms. The molecule has 5 nitrogen and oxygen atoms in total. The van der Waals surface area contributed by atoms with E-state index in [0.717, 1.165) is 12.8 Å². The zero-order chi connectivity index (χ0) is 15.4. The molecular weight excluding hydrogens is 266 g/mol. The molecule has 1 saturated carbocycles. The summed E-state index contributed by atoms with van der Waals surface area (Å²) < 4.78 is 1.40. The maximum atomic E-state index is 12.5. The molecule has 1 aliphatic rings. The van der Waals surface area contributed by atoms with Crippen LogP contribution in [0.15, 0.2) is 16.9 Å². The molecule has 1 aromatic rings. The first-order valence-electron chi connectivity index (χ1n) is 7.84. The Kier molecular flexibility index (Phi) is 5.15. The van der Waals surface area contributed by atoms with Gasteiger partial charge in [0.1, 0.15) is 5.69 Å². The maximum absolute atomic E-state index is 12.5. The summed E-state index contributed by atoms with van der Waals surface area (Å²) in [7, 11) is 1.85. The van der Waals surface area contributed by atoms with E-state index in [1.807, 2.05) is 20.9 Å². The van der Waals surface area contributed by atoms with Crippen LogP contribution in [-0.4, -0.2) is 33.7 Å². The Labute approximate surface area is 126 Å². The lowest BCUT2D eigenvalue weighted by atomic mass is 9.94. The van der Waals surface area contributed by atoms with Gasteiger partial charge in [0.05, 0.1) is 0 Å². The van der Waals surface area contributed by atoms with Gasteiger partial charge < -0.3 is 4.90 Å². The first-order chi connectivity index (χ1) is 9.99. The second-order valence-electron chi connectivity index (χ2n) is 6.34. The van der Waals surface area contributed by atoms with Crippen LogP contribution in [0.25, 0.3) is 0 Å². The van der Waals surface area contributed by atoms with Crippen molar-refractivity contribution < 1.29 is 4.79 Å². The third-order valence-electron chi connectivity index (χ3n) is 4.07. The number of aromatic nitrogens is 2. The van der Waals surface area contributed by atoms with Gasteiger partial charge in [-0.1, -0.05) is 33.1 Å². The Hall–Kier alpha value is -1.65. The standard InChI is InChI=1S/C16H25N3O2/c1-12(2)11-19-15(20)10-9-14(17-19)16(21)18(3)13-7-5-4-6-8-13/h9-10,12-13H,4-8,11H2,1-3H3. The number of hydrogen-bond acceptors (Lipinski definition) is 3. The minimum atomic E-state index is -0.152. The molecule has 116 valence electrons. The van der Waals surface area contributed by atoms with Crippen LogP contribution in [0.3, 0.4) is 0 Å². The molecule has 21 heavy (non-hydrogen) atoms. The molecule has 0 saturated heterocycles. The number of hydrogen-bond donors (Lipinski definition) is 0. The van der Waals surface area contributed by atoms with Crippen LogP contribution in [-0.2, 0) is 6.54 Å². The van der Waals surface area contributed by atoms with Crippen molar-refractivity contribution in [2.45, 2.75) is 58.5 Å². The third-order valence-corrected chi connectivity index (χ3v) is 4.07. The van der Waals surface area contributed by atoms with Gasteiger partial charge in [-0.3, -0.25) is 9.59 Å². The minimum Gasteiger partial charge on any atom is -0.337 e. The van der Waals surface area contributed by atoms with Crippen LogP contribution >= 0.6 is 0 Å². The number of rotatable bonds is 4. The van der Waals surface area contributed by atoms with Crippen molar-refractivity contribution in [3.05, 3.63) is 28.2 Å². The lowest BCUT2D eigenvalue weighted by molar-refractivity contribution is 0.0687. The summed E-state index contributed by atoms with van der Waals surface area (Å²) >= 11 is 0. The SMILES string of the molecule is CC(C)Cn1nc(C(=O)N(C)C2CCCCC2)ccc1=O. The van der Waals surface area contributed by atoms with Gasteiger partial charge in [0.2, 0.25) is 0 Å². The Morgan fingerprint density at radius 3 is 2.62 bits per heavy atom. The van der Waals surface area contributed by atoms with Crippen LogP contribution < -0.4 is 5.56 Å². The lowest BCUT2D eigenvalue weighted by Gasteiger charge is -2.31. The fourth-order valence-electron chi connectivity index (χ4n) is 2.85. The fraction of sp³-hybridized carbons (Fsp3) is 0.688. The average molecular weight is 291 g/mol. The summed E-state index contributed by atoms with van der Waals surface area (Å²) in [6.45, 7) is 4.58. The van der Waals surface area contributed by atoms with Crippen LogP contribution in [0.4, 0.5) is 0 Å². The van der Waals surface area contributed by atoms with Crippen molar-refractivity contribution in [3.8, 4) is 0 Å². The highest BCUT2D eigenvalue weighted by molar-refractivity contribution is 5.92. The smallest absolute Gasteiger partial charge is 0.274 e. The lowest BCUT2D eigenvalue weighted by Crippen LogP contribution is -2.39. The van der Waals surface area contributed by atoms with Crippen LogP contribution in [0.1, 0.15) is 56.4 Å². The summed E-state index contributed by atoms with van der Waals surface area (Å²) in [6, 6.07) is 3.29. The van der Waals surface area contributed by atoms with E-state index in [0.29, 0.717) is 24.2 Å². The molecule has 1 aromatic heterocycles. The topological polar surface area (TPSA) is 55.2 Å². The summed E-state index contributed by atoms with van der Waals surface area (Å²) in [5.41, 5.74) is 0.212. The molecule has 0 N–H and O–H groups in total. The van der Waals surface area contributed by atoms with Gasteiger partial charge >= 0.3 is 0 Å². The van der Waals surface area contributed by atoms with Crippen molar-refractivity contribution in [2.24, 2.45) is 5.92 Å². The monoisotopic (exact) mass is 291 g/mol. The van der Waals surface area contributed by atoms with Crippen LogP contribution in [0, 0.1) is 5.92 Å². The maximum Gasteiger partial charge on any atom is 0.274 e. The summed E-state index contributed by atoms with van der Waals surface area (Å²) in [6.07, 6.45) is 5.75. The molecule has 1 heterocycles. The zero-order valence-corrected chi connectivity index (χ0v) is 13.2. The van der Waals surface area contributed by atoms with Crippen molar-refractivity contribution in [1.29, 1.82) is 0 Å². The Balaban J connectivity index is 2.16. The molecule has 0 aliphatic heterocycles. The molecule has 1 fully saturated rings. The van der Waals surface area contributed by atoms with E-state index in [1.165, 1.54) is 30.0 Å². The minimum absolute atomic E-state index is 0.0839. The van der Waals surface area contributed by atoms with E-state index >= 15 is 0 Å². The second kappa shape index (κ2) is 6.87. The summed E-state index contributed by atoms with van der Waals surface area (Å²) in [5, 5.41) is 4.24. The Bertz CT molecular complexity index is 545. The molecule has 0 unspecified atom stereocenters. The highest BCUT2D eigenvalue weighted by atomic mass is 16.2. The predicted molar refractivity (Wildman–Crippen MR) is 82.3 cm³/mol. The van der Waals surface area contributed by atoms with Gasteiger partial charge in [-0.05, 0) is 24.8 Å². The van der Waals surface area contributed by atoms with Gasteiger partial charge in [0, 0.05) is 25.7 Å². The molecular formula is C16H25N3O2. The molecule has 0 radical (unpaired) electrons. The molecule has 0 spiro atoms. The fourth-order valence-corrected chi connectivity index (χ4v) is 2.85. The first-order valence-corrected chi connectivity index (χ1v) is 7.84. The zero-order valence-electron chi connectivity index (χ0n) is 13.2. The highest BCUT2D eigenvalue weighted by Crippen LogP contribution is 2.22. The number of carbonyl (C=O) groups is 1. The van der Waals surface area contributed by atoms with E-state index in [2.05, 4.69) is 5.10 Å². The molecule has 1 amide bonds. The van der Waals surface area contributed by atoms with Gasteiger partial charge in [-0.2, -0.15) is 5.10 Å². The van der Waals surface area contributed by atoms with Gasteiger partial charge in [0.15, 0.2) is 0 Å². The summed E-state index contributed by atoms with van der Waals surface area (Å²) in [5.74, 6) is 0.232. The largest absolute Gasteiger partial charge is 0.337 e. The van der Waals surface area contributed by atoms with E-state index in [1.54, 1.807) is 11.0 Å². The highest BCUT2D eigenvalue weighted by Gasteiger charge is 2.24. The summed E-state index contributed by atoms with van der Waals surface area (Å²) in [4.78, 5) is 26.1. The van der Waals surface area contributed by atoms with Crippen LogP contribution in [0.2, 0.25) is 0 Å². The predicted octanol–water partition coefficient (Wildman–Crippen LogP) is 2.30. The van der Waals surface area contributed by atoms with Gasteiger partial charge in [0.25, 0.3) is 11.5 Å². The van der Waals surface area contributed by atoms with Crippen molar-refractivity contribution >= 4 is 5.91 Å². The molecule has 0 atom stereocenters. The van der Waals surface area contributed by atoms with Crippen molar-refractivity contribution in [2.75, 3.05) is 7.05 Å². The molecule has 0 bridgehead atoms. The van der Waals surface area contributed by atoms with E-state index in [9.17, 15) is 9.59 Å².